The van der Waals surface area contributed by atoms with E-state index in [1.807, 2.05) is 19.6 Å². The Hall–Kier alpha value is 1.15. The molecule has 0 aliphatic carbocycles. The van der Waals surface area contributed by atoms with Crippen LogP contribution in [0.25, 0.3) is 0 Å². The number of rotatable bonds is 8. The van der Waals surface area contributed by atoms with Crippen LogP contribution in [0.15, 0.2) is 0 Å². The van der Waals surface area contributed by atoms with E-state index < -0.39 is 0 Å². The Balaban J connectivity index is -0.000000139. The zero-order valence-corrected chi connectivity index (χ0v) is 36.3. The van der Waals surface area contributed by atoms with Gasteiger partial charge in [-0.1, -0.05) is 17.3 Å². The van der Waals surface area contributed by atoms with Gasteiger partial charge >= 0.3 is 21.7 Å². The monoisotopic (exact) mass is 752 g/mol. The van der Waals surface area contributed by atoms with Crippen LogP contribution < -0.4 is 0 Å². The Morgan fingerprint density at radius 2 is 0.390 bits per heavy atom. The molecule has 0 aromatic heterocycles. The van der Waals surface area contributed by atoms with E-state index in [-0.39, 0.29) is 21.7 Å². The molecule has 0 amide bonds. The third-order valence-corrected chi connectivity index (χ3v) is 6.98. The van der Waals surface area contributed by atoms with Crippen LogP contribution in [-0.2, 0) is 72.2 Å². The van der Waals surface area contributed by atoms with E-state index in [1.165, 1.54) is 0 Å². The molecule has 0 heterocycles. The maximum atomic E-state index is 4.91. The normalized spacial score (nSPS) is 10.3. The van der Waals surface area contributed by atoms with Gasteiger partial charge in [0, 0.05) is 48.3 Å². The minimum Gasteiger partial charge on any atom is -0.411 e. The second kappa shape index (κ2) is 27.5. The molecule has 0 fully saturated rings. The molecule has 13 heteroatoms. The molecule has 0 spiro atoms. The van der Waals surface area contributed by atoms with Crippen LogP contribution in [0.1, 0.15) is 111 Å². The molecular weight excluding hydrogens is 697 g/mol. The van der Waals surface area contributed by atoms with Gasteiger partial charge in [-0.25, -0.2) is 0 Å². The van der Waals surface area contributed by atoms with Crippen molar-refractivity contribution in [3.8, 4) is 0 Å². The largest absolute Gasteiger partial charge is 4.00 e. The van der Waals surface area contributed by atoms with Crippen molar-refractivity contribution in [1.82, 2.24) is 19.6 Å². The van der Waals surface area contributed by atoms with Gasteiger partial charge in [0.15, 0.2) is 0 Å². The van der Waals surface area contributed by atoms with Crippen molar-refractivity contribution < 1.29 is 21.7 Å². The zero-order valence-electron chi connectivity index (χ0n) is 28.2. The van der Waals surface area contributed by atoms with Gasteiger partial charge in [0.1, 0.15) is 0 Å². The fourth-order valence-corrected chi connectivity index (χ4v) is 7.44. The van der Waals surface area contributed by atoms with Gasteiger partial charge in [0.2, 0.25) is 0 Å². The Bertz CT molecular complexity index is 578. The van der Waals surface area contributed by atoms with Crippen LogP contribution in [0.3, 0.4) is 0 Å². The van der Waals surface area contributed by atoms with E-state index >= 15 is 0 Å². The number of nitrogens with zero attached hydrogens (tertiary/aromatic N) is 4. The predicted octanol–water partition coefficient (Wildman–Crippen LogP) is 7.75. The van der Waals surface area contributed by atoms with E-state index in [1.54, 1.807) is 0 Å². The first kappa shape index (κ1) is 51.7. The van der Waals surface area contributed by atoms with Crippen molar-refractivity contribution in [2.45, 2.75) is 159 Å². The summed E-state index contributed by atoms with van der Waals surface area (Å²) in [4.78, 5) is 8.19. The molecular formula is C28H56N4S8Ti. The maximum absolute atomic E-state index is 4.91. The molecule has 41 heavy (non-hydrogen) atoms. The minimum atomic E-state index is 0. The predicted molar refractivity (Wildman–Crippen MR) is 208 cm³/mol. The summed E-state index contributed by atoms with van der Waals surface area (Å²) in [7, 11) is 0. The van der Waals surface area contributed by atoms with Crippen LogP contribution >= 0.6 is 48.9 Å². The SMILES string of the molecule is CC(C)N(C(=S)[S-])C(C)C.CC(C)N(C(=S)[S-])C(C)C.CC(C)N(C(=S)[S-])C(C)C.CC(C)N(C(=S)[S-])C(C)C.[Ti+4]. The molecule has 0 unspecified atom stereocenters. The van der Waals surface area contributed by atoms with Crippen LogP contribution in [0.2, 0.25) is 0 Å². The molecule has 0 radical (unpaired) electrons. The topological polar surface area (TPSA) is 13.0 Å². The molecule has 0 saturated carbocycles. The Kier molecular flexibility index (Phi) is 34.6. The molecule has 240 valence electrons. The molecule has 0 aromatic carbocycles. The summed E-state index contributed by atoms with van der Waals surface area (Å²) in [6, 6.07) is 3.37. The van der Waals surface area contributed by atoms with Gasteiger partial charge in [-0.15, -0.1) is 0 Å². The minimum absolute atomic E-state index is 0. The average molecular weight is 753 g/mol. The summed E-state index contributed by atoms with van der Waals surface area (Å²) in [6.45, 7) is 33.5. The van der Waals surface area contributed by atoms with Crippen molar-refractivity contribution in [1.29, 1.82) is 0 Å². The second-order valence-corrected chi connectivity index (χ2v) is 15.6. The molecule has 0 atom stereocenters. The fraction of sp³-hybridized carbons (Fsp3) is 0.857. The molecule has 0 rings (SSSR count). The van der Waals surface area contributed by atoms with Crippen molar-refractivity contribution in [2.75, 3.05) is 0 Å². The van der Waals surface area contributed by atoms with Gasteiger partial charge in [0.05, 0.1) is 0 Å². The number of thiocarbonyl (C=S) groups is 4. The summed E-state index contributed by atoms with van der Waals surface area (Å²) in [5.41, 5.74) is 0. The van der Waals surface area contributed by atoms with Gasteiger partial charge in [-0.2, -0.15) is 0 Å². The molecule has 0 N–H and O–H groups in total. The molecule has 0 aliphatic rings. The van der Waals surface area contributed by atoms with Crippen molar-refractivity contribution in [3.63, 3.8) is 0 Å². The Labute approximate surface area is 314 Å². The number of hydrogen-bond acceptors (Lipinski definition) is 8. The number of hydrogen-bond donors (Lipinski definition) is 0. The van der Waals surface area contributed by atoms with Crippen molar-refractivity contribution in [3.05, 3.63) is 0 Å². The first-order valence-electron chi connectivity index (χ1n) is 13.8. The molecule has 0 saturated heterocycles. The second-order valence-electron chi connectivity index (χ2n) is 11.4. The van der Waals surface area contributed by atoms with E-state index in [0.717, 1.165) is 0 Å². The van der Waals surface area contributed by atoms with Gasteiger partial charge in [0.25, 0.3) is 0 Å². The molecule has 0 aliphatic heterocycles. The van der Waals surface area contributed by atoms with Crippen LogP contribution in [0.5, 0.6) is 0 Å². The molecule has 4 nitrogen and oxygen atoms in total. The summed E-state index contributed by atoms with van der Waals surface area (Å²) in [6.07, 6.45) is 0. The molecule has 0 aromatic rings. The van der Waals surface area contributed by atoms with Crippen LogP contribution in [-0.4, -0.2) is 85.2 Å². The van der Waals surface area contributed by atoms with E-state index in [2.05, 4.69) is 111 Å². The fourth-order valence-electron chi connectivity index (χ4n) is 4.07. The quantitative estimate of drug-likeness (QED) is 0.137. The Morgan fingerprint density at radius 3 is 0.390 bits per heavy atom. The molecule has 0 bridgehead atoms. The smallest absolute Gasteiger partial charge is 0.411 e. The first-order chi connectivity index (χ1) is 17.9. The summed E-state index contributed by atoms with van der Waals surface area (Å²) >= 11 is 39.3. The maximum Gasteiger partial charge on any atom is 4.00 e. The zero-order chi connectivity index (χ0) is 33.2. The van der Waals surface area contributed by atoms with Gasteiger partial charge in [-0.05, 0) is 111 Å². The first-order valence-corrected chi connectivity index (χ1v) is 17.1. The van der Waals surface area contributed by atoms with E-state index in [9.17, 15) is 0 Å². The van der Waals surface area contributed by atoms with Crippen LogP contribution in [0, 0.1) is 0 Å². The van der Waals surface area contributed by atoms with E-state index in [0.29, 0.717) is 65.6 Å². The van der Waals surface area contributed by atoms with E-state index in [4.69, 9.17) is 99.4 Å². The van der Waals surface area contributed by atoms with Gasteiger partial charge in [-0.3, -0.25) is 0 Å². The van der Waals surface area contributed by atoms with Crippen LogP contribution in [0.4, 0.5) is 0 Å². The summed E-state index contributed by atoms with van der Waals surface area (Å²) in [5.74, 6) is 0. The average Bonchev–Trinajstić information content (AvgIpc) is 2.64. The van der Waals surface area contributed by atoms with Gasteiger partial charge < -0.3 is 119 Å². The summed E-state index contributed by atoms with van der Waals surface area (Å²) < 4.78 is 2.30. The van der Waals surface area contributed by atoms with Crippen molar-refractivity contribution in [2.24, 2.45) is 0 Å². The standard InChI is InChI=1S/4C7H15NS2.Ti/c4*1-5(2)8(6(3)4)7(9)10;/h4*5-6H,1-4H3,(H,9,10);/q;;;;+4/p-4. The third-order valence-electron chi connectivity index (χ3n) is 5.29. The third kappa shape index (κ3) is 26.1. The summed E-state index contributed by atoms with van der Waals surface area (Å²) in [5, 5.41) is 0. The Morgan fingerprint density at radius 1 is 0.317 bits per heavy atom. The van der Waals surface area contributed by atoms with Crippen molar-refractivity contribution >= 4 is 117 Å².